The SMILES string of the molecule is C[C@H](c1cccc2ccccc12)N(CC1CNCC1CCc1ccccc1)C(=O)OC(C)(C)C. The highest BCUT2D eigenvalue weighted by Crippen LogP contribution is 2.32. The van der Waals surface area contributed by atoms with Crippen molar-refractivity contribution in [3.8, 4) is 0 Å². The minimum Gasteiger partial charge on any atom is -0.444 e. The van der Waals surface area contributed by atoms with Crippen LogP contribution >= 0.6 is 0 Å². The van der Waals surface area contributed by atoms with E-state index < -0.39 is 5.60 Å². The molecule has 1 N–H and O–H groups in total. The molecule has 4 heteroatoms. The maximum atomic E-state index is 13.5. The molecule has 0 aromatic heterocycles. The van der Waals surface area contributed by atoms with Gasteiger partial charge in [-0.15, -0.1) is 0 Å². The second-order valence-electron chi connectivity index (χ2n) is 10.6. The molecule has 0 aliphatic carbocycles. The van der Waals surface area contributed by atoms with Gasteiger partial charge in [0.25, 0.3) is 0 Å². The van der Waals surface area contributed by atoms with Crippen molar-refractivity contribution in [2.45, 2.75) is 52.2 Å². The molecule has 0 bridgehead atoms. The first-order chi connectivity index (χ1) is 16.3. The fraction of sp³-hybridized carbons (Fsp3) is 0.433. The first-order valence-corrected chi connectivity index (χ1v) is 12.5. The van der Waals surface area contributed by atoms with Crippen LogP contribution in [0.1, 0.15) is 51.3 Å². The predicted molar refractivity (Wildman–Crippen MR) is 140 cm³/mol. The zero-order valence-electron chi connectivity index (χ0n) is 21.0. The molecule has 34 heavy (non-hydrogen) atoms. The molecular weight excluding hydrogens is 420 g/mol. The van der Waals surface area contributed by atoms with Crippen LogP contribution in [0.5, 0.6) is 0 Å². The Morgan fingerprint density at radius 1 is 0.971 bits per heavy atom. The van der Waals surface area contributed by atoms with Crippen molar-refractivity contribution in [3.63, 3.8) is 0 Å². The second-order valence-corrected chi connectivity index (χ2v) is 10.6. The molecule has 1 aliphatic heterocycles. The Balaban J connectivity index is 1.56. The van der Waals surface area contributed by atoms with Crippen molar-refractivity contribution >= 4 is 16.9 Å². The molecule has 0 spiro atoms. The lowest BCUT2D eigenvalue weighted by molar-refractivity contribution is 0.0129. The van der Waals surface area contributed by atoms with E-state index in [0.717, 1.165) is 31.5 Å². The zero-order valence-corrected chi connectivity index (χ0v) is 21.0. The highest BCUT2D eigenvalue weighted by Gasteiger charge is 2.34. The Labute approximate surface area is 204 Å². The topological polar surface area (TPSA) is 41.6 Å². The number of nitrogens with zero attached hydrogens (tertiary/aromatic N) is 1. The third kappa shape index (κ3) is 5.98. The van der Waals surface area contributed by atoms with E-state index in [-0.39, 0.29) is 12.1 Å². The highest BCUT2D eigenvalue weighted by molar-refractivity contribution is 5.86. The fourth-order valence-corrected chi connectivity index (χ4v) is 5.08. The molecular formula is C30H38N2O2. The summed E-state index contributed by atoms with van der Waals surface area (Å²) in [5, 5.41) is 5.97. The summed E-state index contributed by atoms with van der Waals surface area (Å²) in [6.07, 6.45) is 1.95. The number of amides is 1. The van der Waals surface area contributed by atoms with Crippen molar-refractivity contribution in [3.05, 3.63) is 83.9 Å². The summed E-state index contributed by atoms with van der Waals surface area (Å²) < 4.78 is 5.90. The lowest BCUT2D eigenvalue weighted by Crippen LogP contribution is -2.42. The molecule has 2 unspecified atom stereocenters. The molecule has 3 aromatic carbocycles. The van der Waals surface area contributed by atoms with E-state index in [1.165, 1.54) is 16.3 Å². The summed E-state index contributed by atoms with van der Waals surface area (Å²) >= 11 is 0. The van der Waals surface area contributed by atoms with Crippen LogP contribution < -0.4 is 5.32 Å². The van der Waals surface area contributed by atoms with Gasteiger partial charge < -0.3 is 15.0 Å². The summed E-state index contributed by atoms with van der Waals surface area (Å²) in [6.45, 7) is 10.6. The smallest absolute Gasteiger partial charge is 0.410 e. The molecule has 4 nitrogen and oxygen atoms in total. The summed E-state index contributed by atoms with van der Waals surface area (Å²) in [7, 11) is 0. The molecule has 3 atom stereocenters. The Hall–Kier alpha value is -2.85. The third-order valence-corrected chi connectivity index (χ3v) is 6.93. The van der Waals surface area contributed by atoms with Crippen LogP contribution in [0.2, 0.25) is 0 Å². The number of aryl methyl sites for hydroxylation is 1. The Bertz CT molecular complexity index is 1080. The van der Waals surface area contributed by atoms with E-state index in [9.17, 15) is 4.79 Å². The van der Waals surface area contributed by atoms with E-state index in [0.29, 0.717) is 18.4 Å². The Morgan fingerprint density at radius 2 is 1.65 bits per heavy atom. The van der Waals surface area contributed by atoms with Crippen LogP contribution in [0.4, 0.5) is 4.79 Å². The summed E-state index contributed by atoms with van der Waals surface area (Å²) in [5.41, 5.74) is 2.01. The number of carbonyl (C=O) groups is 1. The first kappa shape index (κ1) is 24.3. The molecule has 0 radical (unpaired) electrons. The van der Waals surface area contributed by atoms with Gasteiger partial charge >= 0.3 is 6.09 Å². The van der Waals surface area contributed by atoms with Gasteiger partial charge in [0.2, 0.25) is 0 Å². The van der Waals surface area contributed by atoms with E-state index in [1.54, 1.807) is 0 Å². The first-order valence-electron chi connectivity index (χ1n) is 12.5. The average Bonchev–Trinajstić information content (AvgIpc) is 3.27. The number of hydrogen-bond donors (Lipinski definition) is 1. The van der Waals surface area contributed by atoms with Gasteiger partial charge in [-0.2, -0.15) is 0 Å². The predicted octanol–water partition coefficient (Wildman–Crippen LogP) is 6.61. The van der Waals surface area contributed by atoms with Gasteiger partial charge in [0.15, 0.2) is 0 Å². The van der Waals surface area contributed by atoms with Crippen molar-refractivity contribution in [1.29, 1.82) is 0 Å². The van der Waals surface area contributed by atoms with Gasteiger partial charge in [-0.25, -0.2) is 4.79 Å². The number of nitrogens with one attached hydrogen (secondary N) is 1. The third-order valence-electron chi connectivity index (χ3n) is 6.93. The molecule has 1 fully saturated rings. The van der Waals surface area contributed by atoms with E-state index in [2.05, 4.69) is 85.0 Å². The normalized spacial score (nSPS) is 19.2. The van der Waals surface area contributed by atoms with Gasteiger partial charge in [0.05, 0.1) is 6.04 Å². The number of benzene rings is 3. The van der Waals surface area contributed by atoms with Crippen molar-refractivity contribution in [1.82, 2.24) is 10.2 Å². The lowest BCUT2D eigenvalue weighted by atomic mass is 9.89. The molecule has 4 rings (SSSR count). The largest absolute Gasteiger partial charge is 0.444 e. The number of fused-ring (bicyclic) bond motifs is 1. The second kappa shape index (κ2) is 10.6. The van der Waals surface area contributed by atoms with Crippen molar-refractivity contribution in [2.75, 3.05) is 19.6 Å². The highest BCUT2D eigenvalue weighted by atomic mass is 16.6. The minimum atomic E-state index is -0.533. The summed E-state index contributed by atoms with van der Waals surface area (Å²) in [5.74, 6) is 0.929. The zero-order chi connectivity index (χ0) is 24.1. The average molecular weight is 459 g/mol. The minimum absolute atomic E-state index is 0.0867. The van der Waals surface area contributed by atoms with Gasteiger partial charge in [0.1, 0.15) is 5.60 Å². The monoisotopic (exact) mass is 458 g/mol. The van der Waals surface area contributed by atoms with E-state index in [4.69, 9.17) is 4.74 Å². The number of hydrogen-bond acceptors (Lipinski definition) is 3. The molecule has 1 amide bonds. The van der Waals surface area contributed by atoms with Crippen LogP contribution in [0.15, 0.2) is 72.8 Å². The van der Waals surface area contributed by atoms with Crippen LogP contribution in [0, 0.1) is 11.8 Å². The fourth-order valence-electron chi connectivity index (χ4n) is 5.08. The van der Waals surface area contributed by atoms with Crippen LogP contribution in [-0.2, 0) is 11.2 Å². The standard InChI is InChI=1S/C30H38N2O2/c1-22(27-16-10-14-24-13-8-9-15-28(24)27)32(29(33)34-30(2,3)4)21-26-20-31-19-25(26)18-17-23-11-6-5-7-12-23/h5-16,22,25-26,31H,17-21H2,1-4H3/t22-,25?,26?/m1/s1. The molecule has 1 aliphatic rings. The van der Waals surface area contributed by atoms with Crippen molar-refractivity contribution < 1.29 is 9.53 Å². The Morgan fingerprint density at radius 3 is 2.41 bits per heavy atom. The maximum Gasteiger partial charge on any atom is 0.410 e. The van der Waals surface area contributed by atoms with Gasteiger partial charge in [0, 0.05) is 6.54 Å². The Kier molecular flexibility index (Phi) is 7.57. The maximum absolute atomic E-state index is 13.5. The summed E-state index contributed by atoms with van der Waals surface area (Å²) in [4.78, 5) is 15.4. The quantitative estimate of drug-likeness (QED) is 0.433. The number of ether oxygens (including phenoxy) is 1. The molecule has 1 heterocycles. The van der Waals surface area contributed by atoms with Crippen LogP contribution in [0.25, 0.3) is 10.8 Å². The molecule has 0 saturated carbocycles. The molecule has 1 saturated heterocycles. The molecule has 180 valence electrons. The van der Waals surface area contributed by atoms with E-state index in [1.807, 2.05) is 25.7 Å². The number of rotatable bonds is 7. The van der Waals surface area contributed by atoms with Gasteiger partial charge in [-0.1, -0.05) is 72.8 Å². The van der Waals surface area contributed by atoms with Crippen LogP contribution in [0.3, 0.4) is 0 Å². The van der Waals surface area contributed by atoms with Gasteiger partial charge in [-0.3, -0.25) is 0 Å². The van der Waals surface area contributed by atoms with Crippen LogP contribution in [-0.4, -0.2) is 36.2 Å². The summed E-state index contributed by atoms with van der Waals surface area (Å²) in [6, 6.07) is 25.4. The number of carbonyl (C=O) groups excluding carboxylic acids is 1. The van der Waals surface area contributed by atoms with Gasteiger partial charge in [-0.05, 0) is 87.4 Å². The van der Waals surface area contributed by atoms with Crippen molar-refractivity contribution in [2.24, 2.45) is 11.8 Å². The van der Waals surface area contributed by atoms with E-state index >= 15 is 0 Å². The molecule has 3 aromatic rings. The lowest BCUT2D eigenvalue weighted by Gasteiger charge is -2.35.